The molecule has 0 N–H and O–H groups in total. The summed E-state index contributed by atoms with van der Waals surface area (Å²) >= 11 is 0. The molecule has 4 heteroatoms. The van der Waals surface area contributed by atoms with Gasteiger partial charge in [-0.25, -0.2) is 0 Å². The van der Waals surface area contributed by atoms with Gasteiger partial charge in [0.2, 0.25) is 0 Å². The van der Waals surface area contributed by atoms with Crippen LogP contribution in [0.5, 0.6) is 11.5 Å². The molecule has 0 radical (unpaired) electrons. The average molecular weight is 472 g/mol. The van der Waals surface area contributed by atoms with Crippen LogP contribution in [0.3, 0.4) is 0 Å². The van der Waals surface area contributed by atoms with Crippen LogP contribution in [-0.2, 0) is 4.79 Å². The van der Waals surface area contributed by atoms with Crippen molar-refractivity contribution in [1.29, 1.82) is 0 Å². The highest BCUT2D eigenvalue weighted by Crippen LogP contribution is 2.35. The van der Waals surface area contributed by atoms with E-state index in [-0.39, 0.29) is 5.97 Å². The van der Waals surface area contributed by atoms with Crippen molar-refractivity contribution in [1.82, 2.24) is 4.90 Å². The maximum absolute atomic E-state index is 12.3. The highest BCUT2D eigenvalue weighted by molar-refractivity contribution is 5.98. The molecule has 0 unspecified atom stereocenters. The zero-order valence-electron chi connectivity index (χ0n) is 21.8. The SMILES string of the molecule is CCC(=C(c1ccc(OCCN(C)C)cc1)c1ccc(OC(=O)C(C)(C)C)cc1)c1ccccc1. The largest absolute Gasteiger partial charge is 0.492 e. The lowest BCUT2D eigenvalue weighted by Crippen LogP contribution is -2.25. The molecule has 3 aromatic rings. The van der Waals surface area contributed by atoms with Crippen molar-refractivity contribution >= 4 is 17.1 Å². The third-order valence-corrected chi connectivity index (χ3v) is 5.69. The standard InChI is InChI=1S/C31H37NO3/c1-7-28(23-11-9-8-10-12-23)29(24-13-17-26(18-14-24)34-22-21-32(5)6)25-15-19-27(20-16-25)35-30(33)31(2,3)4/h8-20H,7,21-22H2,1-6H3. The molecule has 0 bridgehead atoms. The molecule has 0 aliphatic heterocycles. The van der Waals surface area contributed by atoms with E-state index in [2.05, 4.69) is 48.2 Å². The molecule has 184 valence electrons. The lowest BCUT2D eigenvalue weighted by molar-refractivity contribution is -0.142. The summed E-state index contributed by atoms with van der Waals surface area (Å²) in [5, 5.41) is 0. The van der Waals surface area contributed by atoms with Crippen molar-refractivity contribution in [3.63, 3.8) is 0 Å². The summed E-state index contributed by atoms with van der Waals surface area (Å²) in [7, 11) is 4.07. The lowest BCUT2D eigenvalue weighted by atomic mass is 9.88. The monoisotopic (exact) mass is 471 g/mol. The van der Waals surface area contributed by atoms with Gasteiger partial charge in [0.05, 0.1) is 5.41 Å². The van der Waals surface area contributed by atoms with E-state index in [4.69, 9.17) is 9.47 Å². The highest BCUT2D eigenvalue weighted by Gasteiger charge is 2.23. The lowest BCUT2D eigenvalue weighted by Gasteiger charge is -2.18. The summed E-state index contributed by atoms with van der Waals surface area (Å²) in [5.41, 5.74) is 5.24. The fourth-order valence-electron chi connectivity index (χ4n) is 3.69. The Labute approximate surface area is 210 Å². The Balaban J connectivity index is 1.99. The van der Waals surface area contributed by atoms with Crippen molar-refractivity contribution in [2.24, 2.45) is 5.41 Å². The Hall–Kier alpha value is -3.37. The minimum atomic E-state index is -0.553. The van der Waals surface area contributed by atoms with Gasteiger partial charge < -0.3 is 14.4 Å². The first-order chi connectivity index (χ1) is 16.7. The number of likely N-dealkylation sites (N-methyl/N-ethyl adjacent to an activating group) is 1. The van der Waals surface area contributed by atoms with Gasteiger partial charge in [0.25, 0.3) is 0 Å². The average Bonchev–Trinajstić information content (AvgIpc) is 2.83. The van der Waals surface area contributed by atoms with Crippen LogP contribution >= 0.6 is 0 Å². The first-order valence-electron chi connectivity index (χ1n) is 12.2. The molecule has 0 amide bonds. The van der Waals surface area contributed by atoms with Crippen LogP contribution in [-0.4, -0.2) is 38.1 Å². The second kappa shape index (κ2) is 11.9. The summed E-state index contributed by atoms with van der Waals surface area (Å²) in [5.74, 6) is 1.16. The number of carbonyl (C=O) groups excluding carboxylic acids is 1. The zero-order chi connectivity index (χ0) is 25.4. The summed E-state index contributed by atoms with van der Waals surface area (Å²) in [6.07, 6.45) is 0.876. The van der Waals surface area contributed by atoms with Gasteiger partial charge in [0, 0.05) is 6.54 Å². The second-order valence-corrected chi connectivity index (χ2v) is 9.91. The molecule has 0 spiro atoms. The topological polar surface area (TPSA) is 38.8 Å². The van der Waals surface area contributed by atoms with Crippen LogP contribution in [0, 0.1) is 5.41 Å². The normalized spacial score (nSPS) is 12.3. The molecule has 3 rings (SSSR count). The number of hydrogen-bond acceptors (Lipinski definition) is 4. The van der Waals surface area contributed by atoms with Crippen LogP contribution in [0.15, 0.2) is 78.9 Å². The predicted molar refractivity (Wildman–Crippen MR) is 145 cm³/mol. The number of rotatable bonds is 9. The number of allylic oxidation sites excluding steroid dienone is 1. The summed E-state index contributed by atoms with van der Waals surface area (Å²) in [6, 6.07) is 26.6. The summed E-state index contributed by atoms with van der Waals surface area (Å²) < 4.78 is 11.5. The van der Waals surface area contributed by atoms with Gasteiger partial charge in [0.15, 0.2) is 0 Å². The van der Waals surface area contributed by atoms with Crippen LogP contribution in [0.2, 0.25) is 0 Å². The molecule has 0 fully saturated rings. The number of ether oxygens (including phenoxy) is 2. The molecule has 0 atom stereocenters. The minimum absolute atomic E-state index is 0.246. The van der Waals surface area contributed by atoms with E-state index in [0.29, 0.717) is 12.4 Å². The van der Waals surface area contributed by atoms with Gasteiger partial charge in [-0.1, -0.05) is 61.5 Å². The molecule has 0 aromatic heterocycles. The second-order valence-electron chi connectivity index (χ2n) is 9.91. The van der Waals surface area contributed by atoms with E-state index in [1.54, 1.807) is 0 Å². The van der Waals surface area contributed by atoms with Crippen molar-refractivity contribution in [3.8, 4) is 11.5 Å². The molecule has 3 aromatic carbocycles. The van der Waals surface area contributed by atoms with E-state index in [0.717, 1.165) is 35.4 Å². The third-order valence-electron chi connectivity index (χ3n) is 5.69. The van der Waals surface area contributed by atoms with Crippen LogP contribution in [0.1, 0.15) is 50.8 Å². The van der Waals surface area contributed by atoms with Crippen molar-refractivity contribution in [2.75, 3.05) is 27.2 Å². The summed E-state index contributed by atoms with van der Waals surface area (Å²) in [6.45, 7) is 9.25. The quantitative estimate of drug-likeness (QED) is 0.192. The number of carbonyl (C=O) groups is 1. The number of nitrogens with zero attached hydrogens (tertiary/aromatic N) is 1. The molecule has 0 aliphatic rings. The summed E-state index contributed by atoms with van der Waals surface area (Å²) in [4.78, 5) is 14.4. The molecule has 0 heterocycles. The Morgan fingerprint density at radius 3 is 1.80 bits per heavy atom. The first kappa shape index (κ1) is 26.2. The van der Waals surface area contributed by atoms with E-state index in [1.807, 2.05) is 77.3 Å². The Morgan fingerprint density at radius 2 is 1.31 bits per heavy atom. The van der Waals surface area contributed by atoms with Crippen LogP contribution in [0.25, 0.3) is 11.1 Å². The first-order valence-corrected chi connectivity index (χ1v) is 12.2. The third kappa shape index (κ3) is 7.30. The van der Waals surface area contributed by atoms with Crippen molar-refractivity contribution in [3.05, 3.63) is 95.6 Å². The van der Waals surface area contributed by atoms with Gasteiger partial charge in [0.1, 0.15) is 18.1 Å². The van der Waals surface area contributed by atoms with Crippen molar-refractivity contribution in [2.45, 2.75) is 34.1 Å². The van der Waals surface area contributed by atoms with Crippen molar-refractivity contribution < 1.29 is 14.3 Å². The van der Waals surface area contributed by atoms with E-state index < -0.39 is 5.41 Å². The minimum Gasteiger partial charge on any atom is -0.492 e. The van der Waals surface area contributed by atoms with E-state index in [9.17, 15) is 4.79 Å². The highest BCUT2D eigenvalue weighted by atomic mass is 16.5. The maximum atomic E-state index is 12.3. The molecule has 0 aliphatic carbocycles. The van der Waals surface area contributed by atoms with Crippen LogP contribution in [0.4, 0.5) is 0 Å². The van der Waals surface area contributed by atoms with E-state index >= 15 is 0 Å². The molecule has 35 heavy (non-hydrogen) atoms. The Bertz CT molecular complexity index is 1120. The Kier molecular flexibility index (Phi) is 8.89. The fraction of sp³-hybridized carbons (Fsp3) is 0.323. The fourth-order valence-corrected chi connectivity index (χ4v) is 3.69. The van der Waals surface area contributed by atoms with Gasteiger partial charge in [-0.05, 0) is 93.4 Å². The molecular formula is C31H37NO3. The molecular weight excluding hydrogens is 434 g/mol. The number of hydrogen-bond donors (Lipinski definition) is 0. The number of esters is 1. The smallest absolute Gasteiger partial charge is 0.316 e. The predicted octanol–water partition coefficient (Wildman–Crippen LogP) is 6.95. The Morgan fingerprint density at radius 1 is 0.771 bits per heavy atom. The molecule has 0 saturated heterocycles. The molecule has 0 saturated carbocycles. The zero-order valence-corrected chi connectivity index (χ0v) is 21.8. The molecule has 4 nitrogen and oxygen atoms in total. The maximum Gasteiger partial charge on any atom is 0.316 e. The van der Waals surface area contributed by atoms with Gasteiger partial charge in [-0.2, -0.15) is 0 Å². The number of benzene rings is 3. The van der Waals surface area contributed by atoms with Gasteiger partial charge in [-0.3, -0.25) is 4.79 Å². The van der Waals surface area contributed by atoms with E-state index in [1.165, 1.54) is 11.1 Å². The van der Waals surface area contributed by atoms with Crippen LogP contribution < -0.4 is 9.47 Å². The van der Waals surface area contributed by atoms with Gasteiger partial charge >= 0.3 is 5.97 Å². The van der Waals surface area contributed by atoms with Gasteiger partial charge in [-0.15, -0.1) is 0 Å².